The van der Waals surface area contributed by atoms with Gasteiger partial charge in [-0.2, -0.15) is 0 Å². The molecule has 0 saturated heterocycles. The fraction of sp³-hybridized carbons (Fsp3) is 0.882. The number of rotatable bonds is 4. The average Bonchev–Trinajstić information content (AvgIpc) is 2.73. The maximum atomic E-state index is 2.52. The minimum Gasteiger partial charge on any atom is -0.0528 e. The molecule has 0 aromatic carbocycles. The van der Waals surface area contributed by atoms with E-state index in [1.54, 1.807) is 0 Å². The van der Waals surface area contributed by atoms with Crippen LogP contribution in [0.5, 0.6) is 0 Å². The Morgan fingerprint density at radius 2 is 1.18 bits per heavy atom. The van der Waals surface area contributed by atoms with Gasteiger partial charge >= 0.3 is 0 Å². The molecule has 2 radical (unpaired) electrons. The normalized spacial score (nSPS) is 25.4. The van der Waals surface area contributed by atoms with Gasteiger partial charge in [0.15, 0.2) is 0 Å². The molecule has 0 spiro atoms. The molecule has 2 unspecified atom stereocenters. The van der Waals surface area contributed by atoms with E-state index >= 15 is 0 Å². The highest BCUT2D eigenvalue weighted by Crippen LogP contribution is 2.30. The van der Waals surface area contributed by atoms with Crippen LogP contribution in [0, 0.1) is 24.7 Å². The molecule has 2 rings (SSSR count). The quantitative estimate of drug-likeness (QED) is 0.545. The van der Waals surface area contributed by atoms with Crippen molar-refractivity contribution >= 4 is 0 Å². The molecule has 2 aliphatic carbocycles. The smallest absolute Gasteiger partial charge is 0.0386 e. The summed E-state index contributed by atoms with van der Waals surface area (Å²) in [6, 6.07) is 0. The second-order valence-corrected chi connectivity index (χ2v) is 6.26. The summed E-state index contributed by atoms with van der Waals surface area (Å²) in [5, 5.41) is 0. The summed E-state index contributed by atoms with van der Waals surface area (Å²) >= 11 is 0. The van der Waals surface area contributed by atoms with Crippen LogP contribution >= 0.6 is 0 Å². The molecule has 0 aliphatic heterocycles. The number of hydrogen-bond donors (Lipinski definition) is 0. The molecule has 0 bridgehead atoms. The Kier molecular flexibility index (Phi) is 6.45. The van der Waals surface area contributed by atoms with Crippen LogP contribution in [-0.2, 0) is 0 Å². The second kappa shape index (κ2) is 8.16. The summed E-state index contributed by atoms with van der Waals surface area (Å²) < 4.78 is 0. The molecule has 0 heteroatoms. The van der Waals surface area contributed by atoms with Gasteiger partial charge in [-0.25, -0.2) is 0 Å². The van der Waals surface area contributed by atoms with Crippen LogP contribution in [0.2, 0.25) is 0 Å². The Bertz CT molecular complexity index is 148. The third-order valence-corrected chi connectivity index (χ3v) is 4.82. The molecule has 98 valence electrons. The molecule has 0 aromatic heterocycles. The third-order valence-electron chi connectivity index (χ3n) is 4.82. The lowest BCUT2D eigenvalue weighted by atomic mass is 9.89. The Balaban J connectivity index is 1.57. The fourth-order valence-corrected chi connectivity index (χ4v) is 3.66. The van der Waals surface area contributed by atoms with Crippen molar-refractivity contribution in [2.24, 2.45) is 11.8 Å². The van der Waals surface area contributed by atoms with Gasteiger partial charge in [-0.1, -0.05) is 70.6 Å². The summed E-state index contributed by atoms with van der Waals surface area (Å²) in [6.07, 6.45) is 24.0. The molecule has 0 amide bonds. The first-order valence-electron chi connectivity index (χ1n) is 8.08. The van der Waals surface area contributed by atoms with Gasteiger partial charge in [0.05, 0.1) is 0 Å². The van der Waals surface area contributed by atoms with Gasteiger partial charge < -0.3 is 0 Å². The molecule has 17 heavy (non-hydrogen) atoms. The predicted octanol–water partition coefficient (Wildman–Crippen LogP) is 5.73. The minimum atomic E-state index is 1.06. The molecule has 0 N–H and O–H groups in total. The van der Waals surface area contributed by atoms with Gasteiger partial charge in [0.1, 0.15) is 0 Å². The van der Waals surface area contributed by atoms with Gasteiger partial charge in [0, 0.05) is 0 Å². The lowest BCUT2D eigenvalue weighted by Crippen LogP contribution is -2.03. The Morgan fingerprint density at radius 3 is 1.71 bits per heavy atom. The van der Waals surface area contributed by atoms with Crippen LogP contribution in [0.3, 0.4) is 0 Å². The zero-order valence-electron chi connectivity index (χ0n) is 11.5. The van der Waals surface area contributed by atoms with Crippen LogP contribution < -0.4 is 0 Å². The van der Waals surface area contributed by atoms with Crippen molar-refractivity contribution in [3.05, 3.63) is 12.8 Å². The summed E-state index contributed by atoms with van der Waals surface area (Å²) in [7, 11) is 0. The van der Waals surface area contributed by atoms with E-state index in [1.165, 1.54) is 83.5 Å². The van der Waals surface area contributed by atoms with Crippen LogP contribution in [0.15, 0.2) is 0 Å². The van der Waals surface area contributed by atoms with E-state index in [2.05, 4.69) is 12.8 Å². The lowest BCUT2D eigenvalue weighted by molar-refractivity contribution is 0.360. The minimum absolute atomic E-state index is 1.06. The first-order chi connectivity index (χ1) is 8.45. The van der Waals surface area contributed by atoms with Gasteiger partial charge in [0.2, 0.25) is 0 Å². The van der Waals surface area contributed by atoms with Crippen LogP contribution in [-0.4, -0.2) is 0 Å². The lowest BCUT2D eigenvalue weighted by Gasteiger charge is -2.17. The van der Waals surface area contributed by atoms with Gasteiger partial charge in [-0.15, -0.1) is 0 Å². The maximum Gasteiger partial charge on any atom is -0.0386 e. The highest BCUT2D eigenvalue weighted by atomic mass is 14.2. The SMILES string of the molecule is [CH]1CCCC(CCCC2CC[CH]CCC2)CC1. The van der Waals surface area contributed by atoms with Crippen molar-refractivity contribution in [2.45, 2.75) is 83.5 Å². The molecule has 2 saturated carbocycles. The van der Waals surface area contributed by atoms with Crippen molar-refractivity contribution in [3.63, 3.8) is 0 Å². The summed E-state index contributed by atoms with van der Waals surface area (Å²) in [4.78, 5) is 0. The molecule has 0 heterocycles. The van der Waals surface area contributed by atoms with E-state index in [0.29, 0.717) is 0 Å². The molecule has 2 aliphatic rings. The second-order valence-electron chi connectivity index (χ2n) is 6.26. The Morgan fingerprint density at radius 1 is 0.647 bits per heavy atom. The molecular weight excluding hydrogens is 204 g/mol. The highest BCUT2D eigenvalue weighted by Gasteiger charge is 2.15. The van der Waals surface area contributed by atoms with Crippen LogP contribution in [0.25, 0.3) is 0 Å². The zero-order valence-corrected chi connectivity index (χ0v) is 11.5. The fourth-order valence-electron chi connectivity index (χ4n) is 3.66. The van der Waals surface area contributed by atoms with Gasteiger partial charge in [0.25, 0.3) is 0 Å². The van der Waals surface area contributed by atoms with Crippen LogP contribution in [0.1, 0.15) is 83.5 Å². The van der Waals surface area contributed by atoms with Gasteiger partial charge in [-0.3, -0.25) is 0 Å². The Hall–Kier alpha value is 0. The molecule has 2 fully saturated rings. The summed E-state index contributed by atoms with van der Waals surface area (Å²) in [6.45, 7) is 0. The zero-order chi connectivity index (χ0) is 11.8. The largest absolute Gasteiger partial charge is 0.0528 e. The van der Waals surface area contributed by atoms with Gasteiger partial charge in [-0.05, 0) is 37.5 Å². The molecular formula is C17H30. The van der Waals surface area contributed by atoms with Crippen molar-refractivity contribution in [1.29, 1.82) is 0 Å². The van der Waals surface area contributed by atoms with E-state index < -0.39 is 0 Å². The number of hydrogen-bond acceptors (Lipinski definition) is 0. The maximum absolute atomic E-state index is 2.52. The Labute approximate surface area is 109 Å². The summed E-state index contributed by atoms with van der Waals surface area (Å²) in [5.41, 5.74) is 0. The van der Waals surface area contributed by atoms with E-state index in [4.69, 9.17) is 0 Å². The topological polar surface area (TPSA) is 0 Å². The predicted molar refractivity (Wildman–Crippen MR) is 75.6 cm³/mol. The average molecular weight is 234 g/mol. The molecule has 2 atom stereocenters. The standard InChI is InChI=1S/C17H30/c1-2-6-11-16(10-5-1)14-9-15-17-12-7-3-4-8-13-17/h1,3,16-17H,2,4-15H2. The highest BCUT2D eigenvalue weighted by molar-refractivity contribution is 4.76. The summed E-state index contributed by atoms with van der Waals surface area (Å²) in [5.74, 6) is 2.12. The van der Waals surface area contributed by atoms with E-state index in [9.17, 15) is 0 Å². The van der Waals surface area contributed by atoms with Crippen LogP contribution in [0.4, 0.5) is 0 Å². The monoisotopic (exact) mass is 234 g/mol. The van der Waals surface area contributed by atoms with E-state index in [0.717, 1.165) is 11.8 Å². The van der Waals surface area contributed by atoms with Crippen molar-refractivity contribution in [1.82, 2.24) is 0 Å². The first-order valence-corrected chi connectivity index (χ1v) is 8.08. The van der Waals surface area contributed by atoms with Crippen molar-refractivity contribution in [3.8, 4) is 0 Å². The third kappa shape index (κ3) is 5.44. The van der Waals surface area contributed by atoms with Crippen molar-refractivity contribution < 1.29 is 0 Å². The first kappa shape index (κ1) is 13.4. The van der Waals surface area contributed by atoms with E-state index in [1.807, 2.05) is 0 Å². The molecule has 0 nitrogen and oxygen atoms in total. The van der Waals surface area contributed by atoms with E-state index in [-0.39, 0.29) is 0 Å². The molecule has 0 aromatic rings. The van der Waals surface area contributed by atoms with Crippen molar-refractivity contribution in [2.75, 3.05) is 0 Å².